The molecule has 1 amide bonds. The van der Waals surface area contributed by atoms with Gasteiger partial charge in [-0.15, -0.1) is 0 Å². The molecule has 3 aromatic carbocycles. The summed E-state index contributed by atoms with van der Waals surface area (Å²) in [6.07, 6.45) is 0.675. The minimum absolute atomic E-state index is 0.132. The fourth-order valence-electron chi connectivity index (χ4n) is 4.19. The summed E-state index contributed by atoms with van der Waals surface area (Å²) in [6.45, 7) is 9.88. The SMILES string of the molecule is CCOc1ccc(CCNC(=O)c2cc(Nc3ccc(C(C)C)cc3)nc3ccccc23)cc1OCC. The van der Waals surface area contributed by atoms with Gasteiger partial charge in [-0.05, 0) is 73.7 Å². The Kier molecular flexibility index (Phi) is 8.62. The molecule has 0 unspecified atom stereocenters. The zero-order chi connectivity index (χ0) is 26.2. The molecule has 2 N–H and O–H groups in total. The van der Waals surface area contributed by atoms with Gasteiger partial charge in [0.25, 0.3) is 5.91 Å². The van der Waals surface area contributed by atoms with Gasteiger partial charge in [0.2, 0.25) is 0 Å². The first-order valence-electron chi connectivity index (χ1n) is 12.9. The molecule has 192 valence electrons. The van der Waals surface area contributed by atoms with Crippen molar-refractivity contribution in [1.82, 2.24) is 10.3 Å². The topological polar surface area (TPSA) is 72.5 Å². The van der Waals surface area contributed by atoms with E-state index in [1.807, 2.05) is 74.5 Å². The Bertz CT molecular complexity index is 1350. The molecule has 6 nitrogen and oxygen atoms in total. The molecule has 0 radical (unpaired) electrons. The highest BCUT2D eigenvalue weighted by atomic mass is 16.5. The predicted molar refractivity (Wildman–Crippen MR) is 150 cm³/mol. The Morgan fingerprint density at radius 1 is 0.892 bits per heavy atom. The van der Waals surface area contributed by atoms with Crippen LogP contribution in [0.3, 0.4) is 0 Å². The van der Waals surface area contributed by atoms with Gasteiger partial charge in [0, 0.05) is 17.6 Å². The molecule has 0 saturated heterocycles. The Morgan fingerprint density at radius 3 is 2.35 bits per heavy atom. The summed E-state index contributed by atoms with van der Waals surface area (Å²) < 4.78 is 11.4. The maximum Gasteiger partial charge on any atom is 0.252 e. The molecule has 4 aromatic rings. The molecule has 1 heterocycles. The lowest BCUT2D eigenvalue weighted by atomic mass is 10.0. The van der Waals surface area contributed by atoms with E-state index in [0.717, 1.165) is 33.7 Å². The molecular weight excluding hydrogens is 462 g/mol. The number of rotatable bonds is 11. The van der Waals surface area contributed by atoms with Crippen molar-refractivity contribution < 1.29 is 14.3 Å². The molecule has 0 aliphatic rings. The van der Waals surface area contributed by atoms with Gasteiger partial charge >= 0.3 is 0 Å². The number of nitrogens with zero attached hydrogens (tertiary/aromatic N) is 1. The second-order valence-corrected chi connectivity index (χ2v) is 9.13. The Morgan fingerprint density at radius 2 is 1.62 bits per heavy atom. The van der Waals surface area contributed by atoms with Crippen molar-refractivity contribution in [3.63, 3.8) is 0 Å². The molecule has 6 heteroatoms. The molecule has 0 bridgehead atoms. The van der Waals surface area contributed by atoms with E-state index in [4.69, 9.17) is 14.5 Å². The van der Waals surface area contributed by atoms with E-state index in [1.165, 1.54) is 5.56 Å². The number of para-hydroxylation sites is 1. The first-order valence-corrected chi connectivity index (χ1v) is 12.9. The van der Waals surface area contributed by atoms with Gasteiger partial charge in [0.1, 0.15) is 5.82 Å². The number of ether oxygens (including phenoxy) is 2. The van der Waals surface area contributed by atoms with Crippen LogP contribution in [-0.4, -0.2) is 30.6 Å². The normalized spacial score (nSPS) is 10.9. The van der Waals surface area contributed by atoms with E-state index in [9.17, 15) is 4.79 Å². The Labute approximate surface area is 219 Å². The number of carbonyl (C=O) groups is 1. The van der Waals surface area contributed by atoms with Gasteiger partial charge in [-0.25, -0.2) is 4.98 Å². The van der Waals surface area contributed by atoms with Crippen LogP contribution in [0.25, 0.3) is 10.9 Å². The molecule has 4 rings (SSSR count). The number of benzene rings is 3. The number of hydrogen-bond donors (Lipinski definition) is 2. The van der Waals surface area contributed by atoms with Crippen molar-refractivity contribution in [1.29, 1.82) is 0 Å². The number of hydrogen-bond acceptors (Lipinski definition) is 5. The van der Waals surface area contributed by atoms with Crippen LogP contribution in [0.15, 0.2) is 72.8 Å². The predicted octanol–water partition coefficient (Wildman–Crippen LogP) is 6.87. The van der Waals surface area contributed by atoms with Crippen molar-refractivity contribution >= 4 is 28.3 Å². The highest BCUT2D eigenvalue weighted by molar-refractivity contribution is 6.07. The molecule has 0 spiro atoms. The van der Waals surface area contributed by atoms with Gasteiger partial charge in [0.05, 0.1) is 24.3 Å². The smallest absolute Gasteiger partial charge is 0.252 e. The summed E-state index contributed by atoms with van der Waals surface area (Å²) in [5.41, 5.74) is 4.63. The Hall–Kier alpha value is -4.06. The maximum atomic E-state index is 13.3. The van der Waals surface area contributed by atoms with E-state index in [2.05, 4.69) is 36.6 Å². The minimum atomic E-state index is -0.132. The summed E-state index contributed by atoms with van der Waals surface area (Å²) in [5.74, 6) is 2.43. The van der Waals surface area contributed by atoms with Crippen molar-refractivity contribution in [2.24, 2.45) is 0 Å². The summed E-state index contributed by atoms with van der Waals surface area (Å²) >= 11 is 0. The second-order valence-electron chi connectivity index (χ2n) is 9.13. The lowest BCUT2D eigenvalue weighted by molar-refractivity contribution is 0.0955. The van der Waals surface area contributed by atoms with Crippen LogP contribution in [-0.2, 0) is 6.42 Å². The number of carbonyl (C=O) groups excluding carboxylic acids is 1. The zero-order valence-electron chi connectivity index (χ0n) is 22.0. The lowest BCUT2D eigenvalue weighted by Gasteiger charge is -2.14. The highest BCUT2D eigenvalue weighted by Gasteiger charge is 2.14. The lowest BCUT2D eigenvalue weighted by Crippen LogP contribution is -2.26. The highest BCUT2D eigenvalue weighted by Crippen LogP contribution is 2.29. The van der Waals surface area contributed by atoms with E-state index in [-0.39, 0.29) is 5.91 Å². The second kappa shape index (κ2) is 12.3. The van der Waals surface area contributed by atoms with E-state index in [1.54, 1.807) is 0 Å². The van der Waals surface area contributed by atoms with Gasteiger partial charge in [-0.3, -0.25) is 4.79 Å². The number of aromatic nitrogens is 1. The number of pyridine rings is 1. The monoisotopic (exact) mass is 497 g/mol. The van der Waals surface area contributed by atoms with Crippen LogP contribution in [0.4, 0.5) is 11.5 Å². The van der Waals surface area contributed by atoms with Crippen molar-refractivity contribution in [2.75, 3.05) is 25.1 Å². The number of fused-ring (bicyclic) bond motifs is 1. The summed E-state index contributed by atoms with van der Waals surface area (Å²) in [7, 11) is 0. The molecule has 0 aliphatic carbocycles. The molecule has 1 aromatic heterocycles. The van der Waals surface area contributed by atoms with Gasteiger partial charge in [0.15, 0.2) is 11.5 Å². The third-order valence-electron chi connectivity index (χ3n) is 6.12. The van der Waals surface area contributed by atoms with Crippen molar-refractivity contribution in [3.05, 3.63) is 89.5 Å². The first kappa shape index (κ1) is 26.0. The molecule has 0 atom stereocenters. The zero-order valence-corrected chi connectivity index (χ0v) is 22.0. The fraction of sp³-hybridized carbons (Fsp3) is 0.290. The largest absolute Gasteiger partial charge is 0.490 e. The van der Waals surface area contributed by atoms with Crippen molar-refractivity contribution in [2.45, 2.75) is 40.0 Å². The Balaban J connectivity index is 1.49. The molecule has 0 fully saturated rings. The standard InChI is InChI=1S/C31H35N3O3/c1-5-36-28-16-11-22(19-29(28)37-6-2)17-18-32-31(35)26-20-30(34-27-10-8-7-9-25(26)27)33-24-14-12-23(13-15-24)21(3)4/h7-16,19-21H,5-6,17-18H2,1-4H3,(H,32,35)(H,33,34). The van der Waals surface area contributed by atoms with Gasteiger partial charge in [-0.2, -0.15) is 0 Å². The minimum Gasteiger partial charge on any atom is -0.490 e. The van der Waals surface area contributed by atoms with Crippen LogP contribution in [0, 0.1) is 0 Å². The number of anilines is 2. The molecule has 0 aliphatic heterocycles. The van der Waals surface area contributed by atoms with Crippen LogP contribution < -0.4 is 20.1 Å². The summed E-state index contributed by atoms with van der Waals surface area (Å²) in [4.78, 5) is 18.0. The van der Waals surface area contributed by atoms with E-state index in [0.29, 0.717) is 43.5 Å². The molecule has 37 heavy (non-hydrogen) atoms. The summed E-state index contributed by atoms with van der Waals surface area (Å²) in [5, 5.41) is 7.25. The number of amides is 1. The average molecular weight is 498 g/mol. The van der Waals surface area contributed by atoms with Crippen LogP contribution in [0.1, 0.15) is 55.1 Å². The van der Waals surface area contributed by atoms with Gasteiger partial charge < -0.3 is 20.1 Å². The van der Waals surface area contributed by atoms with Crippen LogP contribution >= 0.6 is 0 Å². The average Bonchev–Trinajstić information content (AvgIpc) is 2.90. The fourth-order valence-corrected chi connectivity index (χ4v) is 4.19. The third kappa shape index (κ3) is 6.58. The van der Waals surface area contributed by atoms with Crippen molar-refractivity contribution in [3.8, 4) is 11.5 Å². The van der Waals surface area contributed by atoms with Crippen LogP contribution in [0.5, 0.6) is 11.5 Å². The quantitative estimate of drug-likeness (QED) is 0.237. The summed E-state index contributed by atoms with van der Waals surface area (Å²) in [6, 6.07) is 23.7. The van der Waals surface area contributed by atoms with Crippen LogP contribution in [0.2, 0.25) is 0 Å². The maximum absolute atomic E-state index is 13.3. The van der Waals surface area contributed by atoms with Gasteiger partial charge in [-0.1, -0.05) is 50.2 Å². The third-order valence-corrected chi connectivity index (χ3v) is 6.12. The number of nitrogens with one attached hydrogen (secondary N) is 2. The first-order chi connectivity index (χ1) is 18.0. The molecular formula is C31H35N3O3. The van der Waals surface area contributed by atoms with E-state index >= 15 is 0 Å². The van der Waals surface area contributed by atoms with E-state index < -0.39 is 0 Å². The molecule has 0 saturated carbocycles.